The molecule has 94 valence electrons. The molecule has 4 heteroatoms. The average molecular weight is 229 g/mol. The van der Waals surface area contributed by atoms with Crippen molar-refractivity contribution in [3.8, 4) is 0 Å². The number of rotatable bonds is 6. The zero-order valence-electron chi connectivity index (χ0n) is 10.5. The summed E-state index contributed by atoms with van der Waals surface area (Å²) in [6.07, 6.45) is 2.05. The van der Waals surface area contributed by atoms with Crippen molar-refractivity contribution in [3.05, 3.63) is 0 Å². The lowest BCUT2D eigenvalue weighted by Crippen LogP contribution is -2.44. The molecule has 16 heavy (non-hydrogen) atoms. The molecule has 1 rings (SSSR count). The van der Waals surface area contributed by atoms with Crippen molar-refractivity contribution in [2.75, 3.05) is 26.9 Å². The van der Waals surface area contributed by atoms with E-state index in [2.05, 4.69) is 19.2 Å². The molecule has 3 unspecified atom stereocenters. The molecule has 1 aliphatic heterocycles. The van der Waals surface area contributed by atoms with Gasteiger partial charge in [-0.25, -0.2) is 0 Å². The van der Waals surface area contributed by atoms with E-state index in [-0.39, 0.29) is 12.0 Å². The minimum atomic E-state index is -0.185. The molecule has 0 aromatic heterocycles. The van der Waals surface area contributed by atoms with Gasteiger partial charge < -0.3 is 14.8 Å². The van der Waals surface area contributed by atoms with Crippen LogP contribution in [0.5, 0.6) is 0 Å². The lowest BCUT2D eigenvalue weighted by molar-refractivity contribution is -0.144. The van der Waals surface area contributed by atoms with Gasteiger partial charge in [0.25, 0.3) is 0 Å². The van der Waals surface area contributed by atoms with E-state index in [1.807, 2.05) is 0 Å². The minimum Gasteiger partial charge on any atom is -0.468 e. The van der Waals surface area contributed by atoms with Gasteiger partial charge in [-0.05, 0) is 18.3 Å². The van der Waals surface area contributed by atoms with Crippen LogP contribution >= 0.6 is 0 Å². The van der Waals surface area contributed by atoms with Gasteiger partial charge in [-0.3, -0.25) is 4.79 Å². The molecule has 1 saturated heterocycles. The quantitative estimate of drug-likeness (QED) is 0.695. The van der Waals surface area contributed by atoms with E-state index in [4.69, 9.17) is 9.47 Å². The SMILES string of the molecule is CCC(C)C(NCC1CCOC1)C(=O)OC. The van der Waals surface area contributed by atoms with Gasteiger partial charge in [-0.15, -0.1) is 0 Å². The van der Waals surface area contributed by atoms with Crippen molar-refractivity contribution in [2.45, 2.75) is 32.7 Å². The normalized spacial score (nSPS) is 24.1. The van der Waals surface area contributed by atoms with Crippen molar-refractivity contribution >= 4 is 5.97 Å². The fourth-order valence-electron chi connectivity index (χ4n) is 1.92. The molecule has 1 fully saturated rings. The Labute approximate surface area is 97.7 Å². The Morgan fingerprint density at radius 2 is 2.38 bits per heavy atom. The third kappa shape index (κ3) is 3.76. The summed E-state index contributed by atoms with van der Waals surface area (Å²) in [5.41, 5.74) is 0. The van der Waals surface area contributed by atoms with Crippen LogP contribution in [-0.4, -0.2) is 38.9 Å². The van der Waals surface area contributed by atoms with Crippen molar-refractivity contribution in [3.63, 3.8) is 0 Å². The lowest BCUT2D eigenvalue weighted by atomic mass is 9.98. The third-order valence-corrected chi connectivity index (χ3v) is 3.32. The number of carbonyl (C=O) groups is 1. The summed E-state index contributed by atoms with van der Waals surface area (Å²) in [6, 6.07) is -0.185. The van der Waals surface area contributed by atoms with Crippen LogP contribution < -0.4 is 5.32 Å². The van der Waals surface area contributed by atoms with Gasteiger partial charge in [0.15, 0.2) is 0 Å². The predicted molar refractivity (Wildman–Crippen MR) is 62.2 cm³/mol. The van der Waals surface area contributed by atoms with Crippen LogP contribution in [-0.2, 0) is 14.3 Å². The van der Waals surface area contributed by atoms with Crippen molar-refractivity contribution < 1.29 is 14.3 Å². The maximum atomic E-state index is 11.6. The minimum absolute atomic E-state index is 0.159. The number of ether oxygens (including phenoxy) is 2. The zero-order valence-corrected chi connectivity index (χ0v) is 10.5. The van der Waals surface area contributed by atoms with Crippen LogP contribution in [0.2, 0.25) is 0 Å². The fraction of sp³-hybridized carbons (Fsp3) is 0.917. The third-order valence-electron chi connectivity index (χ3n) is 3.32. The maximum Gasteiger partial charge on any atom is 0.323 e. The highest BCUT2D eigenvalue weighted by Crippen LogP contribution is 2.14. The van der Waals surface area contributed by atoms with Crippen LogP contribution in [0.1, 0.15) is 26.7 Å². The van der Waals surface area contributed by atoms with Gasteiger partial charge in [0.2, 0.25) is 0 Å². The first-order chi connectivity index (χ1) is 7.69. The highest BCUT2D eigenvalue weighted by atomic mass is 16.5. The van der Waals surface area contributed by atoms with E-state index >= 15 is 0 Å². The summed E-state index contributed by atoms with van der Waals surface area (Å²) in [5, 5.41) is 3.31. The average Bonchev–Trinajstić information content (AvgIpc) is 2.81. The molecule has 0 spiro atoms. The van der Waals surface area contributed by atoms with E-state index in [1.54, 1.807) is 0 Å². The van der Waals surface area contributed by atoms with Gasteiger partial charge >= 0.3 is 5.97 Å². The van der Waals surface area contributed by atoms with Crippen LogP contribution in [0, 0.1) is 11.8 Å². The lowest BCUT2D eigenvalue weighted by Gasteiger charge is -2.23. The Balaban J connectivity index is 2.39. The smallest absolute Gasteiger partial charge is 0.323 e. The van der Waals surface area contributed by atoms with Crippen LogP contribution in [0.25, 0.3) is 0 Å². The second-order valence-electron chi connectivity index (χ2n) is 4.52. The molecule has 0 bridgehead atoms. The highest BCUT2D eigenvalue weighted by molar-refractivity contribution is 5.75. The second kappa shape index (κ2) is 6.86. The number of carbonyl (C=O) groups excluding carboxylic acids is 1. The van der Waals surface area contributed by atoms with Crippen LogP contribution in [0.4, 0.5) is 0 Å². The molecule has 1 heterocycles. The van der Waals surface area contributed by atoms with Gasteiger partial charge in [-0.1, -0.05) is 20.3 Å². The first kappa shape index (κ1) is 13.5. The Morgan fingerprint density at radius 1 is 1.62 bits per heavy atom. The van der Waals surface area contributed by atoms with Gasteiger partial charge in [0, 0.05) is 13.2 Å². The molecule has 0 aliphatic carbocycles. The number of hydrogen-bond donors (Lipinski definition) is 1. The molecule has 0 aromatic carbocycles. The number of esters is 1. The molecule has 4 nitrogen and oxygen atoms in total. The topological polar surface area (TPSA) is 47.6 Å². The molecule has 1 N–H and O–H groups in total. The largest absolute Gasteiger partial charge is 0.468 e. The first-order valence-corrected chi connectivity index (χ1v) is 6.08. The number of methoxy groups -OCH3 is 1. The number of hydrogen-bond acceptors (Lipinski definition) is 4. The predicted octanol–water partition coefficient (Wildman–Crippen LogP) is 1.20. The second-order valence-corrected chi connectivity index (χ2v) is 4.52. The fourth-order valence-corrected chi connectivity index (χ4v) is 1.92. The van der Waals surface area contributed by atoms with Crippen molar-refractivity contribution in [2.24, 2.45) is 11.8 Å². The summed E-state index contributed by atoms with van der Waals surface area (Å²) < 4.78 is 10.1. The monoisotopic (exact) mass is 229 g/mol. The van der Waals surface area contributed by atoms with E-state index in [1.165, 1.54) is 7.11 Å². The van der Waals surface area contributed by atoms with E-state index in [0.29, 0.717) is 11.8 Å². The summed E-state index contributed by atoms with van der Waals surface area (Å²) >= 11 is 0. The highest BCUT2D eigenvalue weighted by Gasteiger charge is 2.26. The Kier molecular flexibility index (Phi) is 5.77. The van der Waals surface area contributed by atoms with Gasteiger partial charge in [-0.2, -0.15) is 0 Å². The Bertz CT molecular complexity index is 214. The van der Waals surface area contributed by atoms with Gasteiger partial charge in [0.1, 0.15) is 6.04 Å². The van der Waals surface area contributed by atoms with Crippen molar-refractivity contribution in [1.82, 2.24) is 5.32 Å². The molecular formula is C12H23NO3. The van der Waals surface area contributed by atoms with Crippen LogP contribution in [0.3, 0.4) is 0 Å². The molecule has 0 radical (unpaired) electrons. The first-order valence-electron chi connectivity index (χ1n) is 6.08. The molecule has 0 aromatic rings. The van der Waals surface area contributed by atoms with Crippen LogP contribution in [0.15, 0.2) is 0 Å². The van der Waals surface area contributed by atoms with E-state index < -0.39 is 0 Å². The summed E-state index contributed by atoms with van der Waals surface area (Å²) in [6.45, 7) is 6.64. The van der Waals surface area contributed by atoms with E-state index in [9.17, 15) is 4.79 Å². The molecule has 0 amide bonds. The Morgan fingerprint density at radius 3 is 2.88 bits per heavy atom. The summed E-state index contributed by atoms with van der Waals surface area (Å²) in [4.78, 5) is 11.6. The summed E-state index contributed by atoms with van der Waals surface area (Å²) in [7, 11) is 1.44. The molecular weight excluding hydrogens is 206 g/mol. The maximum absolute atomic E-state index is 11.6. The van der Waals surface area contributed by atoms with E-state index in [0.717, 1.165) is 32.6 Å². The molecule has 1 aliphatic rings. The molecule has 3 atom stereocenters. The number of nitrogens with one attached hydrogen (secondary N) is 1. The molecule has 0 saturated carbocycles. The zero-order chi connectivity index (χ0) is 12.0. The van der Waals surface area contributed by atoms with Crippen molar-refractivity contribution in [1.29, 1.82) is 0 Å². The Hall–Kier alpha value is -0.610. The van der Waals surface area contributed by atoms with Gasteiger partial charge in [0.05, 0.1) is 13.7 Å². The standard InChI is InChI=1S/C12H23NO3/c1-4-9(2)11(12(14)15-3)13-7-10-5-6-16-8-10/h9-11,13H,4-8H2,1-3H3. The summed E-state index contributed by atoms with van der Waals surface area (Å²) in [5.74, 6) is 0.680.